The normalized spacial score (nSPS) is 10.1. The first-order valence-corrected chi connectivity index (χ1v) is 7.59. The molecule has 0 atom stereocenters. The van der Waals surface area contributed by atoms with Crippen LogP contribution < -0.4 is 0 Å². The third-order valence-corrected chi connectivity index (χ3v) is 3.43. The molecule has 0 unspecified atom stereocenters. The van der Waals surface area contributed by atoms with E-state index >= 15 is 0 Å². The van der Waals surface area contributed by atoms with Gasteiger partial charge in [-0.2, -0.15) is 27.5 Å². The summed E-state index contributed by atoms with van der Waals surface area (Å²) in [7, 11) is 0. The molecular formula is C19H3F8N3. The molecule has 150 valence electrons. The van der Waals surface area contributed by atoms with Gasteiger partial charge >= 0.3 is 0 Å². The van der Waals surface area contributed by atoms with Crippen LogP contribution in [0.1, 0.15) is 22.4 Å². The quantitative estimate of drug-likeness (QED) is 0.313. The lowest BCUT2D eigenvalue weighted by Gasteiger charge is -2.00. The Bertz CT molecular complexity index is 1150. The van der Waals surface area contributed by atoms with E-state index in [9.17, 15) is 35.1 Å². The van der Waals surface area contributed by atoms with E-state index in [1.54, 1.807) is 0 Å². The largest absolute Gasteiger partial charge is 0.253 e. The lowest BCUT2D eigenvalue weighted by molar-refractivity contribution is 0.404. The van der Waals surface area contributed by atoms with Gasteiger partial charge in [-0.25, -0.2) is 22.5 Å². The second-order valence-corrected chi connectivity index (χ2v) is 5.29. The average molecular weight is 425 g/mol. The molecule has 0 aliphatic rings. The zero-order valence-electron chi connectivity index (χ0n) is 14.1. The van der Waals surface area contributed by atoms with Gasteiger partial charge in [-0.05, 0) is 18.1 Å². The minimum atomic E-state index is -1.92. The molecule has 0 radical (unpaired) electrons. The van der Waals surface area contributed by atoms with E-state index in [4.69, 9.17) is 0 Å². The van der Waals surface area contributed by atoms with E-state index in [-0.39, 0.29) is 11.3 Å². The lowest BCUT2D eigenvalue weighted by atomic mass is 10.1. The second kappa shape index (κ2) is 8.17. The molecule has 0 aliphatic carbocycles. The number of halogens is 8. The monoisotopic (exact) mass is 425 g/mol. The van der Waals surface area contributed by atoms with E-state index in [2.05, 4.69) is 26.8 Å². The molecule has 0 fully saturated rings. The van der Waals surface area contributed by atoms with Crippen molar-refractivity contribution >= 4 is 0 Å². The Labute approximate surface area is 162 Å². The van der Waals surface area contributed by atoms with Crippen molar-refractivity contribution in [2.45, 2.75) is 0 Å². The van der Waals surface area contributed by atoms with Crippen molar-refractivity contribution in [3.8, 4) is 23.7 Å². The van der Waals surface area contributed by atoms with Crippen LogP contribution in [0.4, 0.5) is 35.1 Å². The van der Waals surface area contributed by atoms with Crippen molar-refractivity contribution in [3.63, 3.8) is 0 Å². The molecule has 11 heteroatoms. The minimum Gasteiger partial charge on any atom is -0.246 e. The Balaban J connectivity index is 2.09. The Kier molecular flexibility index (Phi) is 5.65. The van der Waals surface area contributed by atoms with Crippen LogP contribution in [0.5, 0.6) is 0 Å². The number of aromatic nitrogens is 3. The van der Waals surface area contributed by atoms with Gasteiger partial charge in [0.1, 0.15) is 16.8 Å². The van der Waals surface area contributed by atoms with Crippen molar-refractivity contribution < 1.29 is 35.1 Å². The molecule has 0 spiro atoms. The standard InChI is InChI=1S/C19H3F8N3/c20-12-9(13(21)17(25)29-16(12)24)4-3-8-2-1-7-28-11(8)6-5-10-14(22)18(26)30-19(27)15(10)23/h1-2,7H. The van der Waals surface area contributed by atoms with Crippen molar-refractivity contribution in [3.05, 3.63) is 87.8 Å². The number of nitrogens with zero attached hydrogens (tertiary/aromatic N) is 3. The smallest absolute Gasteiger partial charge is 0.246 e. The van der Waals surface area contributed by atoms with Crippen molar-refractivity contribution in [2.24, 2.45) is 0 Å². The third kappa shape index (κ3) is 3.91. The molecule has 0 aliphatic heterocycles. The fourth-order valence-electron chi connectivity index (χ4n) is 2.05. The third-order valence-electron chi connectivity index (χ3n) is 3.43. The van der Waals surface area contributed by atoms with Crippen LogP contribution in [0.3, 0.4) is 0 Å². The van der Waals surface area contributed by atoms with Gasteiger partial charge in [0.15, 0.2) is 23.3 Å². The first-order chi connectivity index (χ1) is 14.2. The summed E-state index contributed by atoms with van der Waals surface area (Å²) in [5.41, 5.74) is -3.05. The Hall–Kier alpha value is -3.99. The highest BCUT2D eigenvalue weighted by atomic mass is 19.2. The number of hydrogen-bond donors (Lipinski definition) is 0. The molecule has 3 aromatic rings. The van der Waals surface area contributed by atoms with Crippen LogP contribution in [0.2, 0.25) is 0 Å². The van der Waals surface area contributed by atoms with E-state index in [1.165, 1.54) is 12.1 Å². The van der Waals surface area contributed by atoms with Gasteiger partial charge in [0.25, 0.3) is 23.8 Å². The second-order valence-electron chi connectivity index (χ2n) is 5.29. The molecule has 0 saturated heterocycles. The van der Waals surface area contributed by atoms with Crippen LogP contribution in [0.15, 0.2) is 18.3 Å². The number of pyridine rings is 3. The maximum absolute atomic E-state index is 13.6. The van der Waals surface area contributed by atoms with Gasteiger partial charge in [0.2, 0.25) is 0 Å². The van der Waals surface area contributed by atoms with Gasteiger partial charge in [-0.15, -0.1) is 0 Å². The summed E-state index contributed by atoms with van der Waals surface area (Å²) in [6.45, 7) is 0. The summed E-state index contributed by atoms with van der Waals surface area (Å²) < 4.78 is 107. The molecule has 0 aromatic carbocycles. The molecule has 3 nitrogen and oxygen atoms in total. The van der Waals surface area contributed by atoms with Crippen LogP contribution in [-0.4, -0.2) is 15.0 Å². The highest BCUT2D eigenvalue weighted by molar-refractivity contribution is 5.51. The van der Waals surface area contributed by atoms with Gasteiger partial charge in [0, 0.05) is 6.20 Å². The molecule has 3 rings (SSSR count). The number of hydrogen-bond acceptors (Lipinski definition) is 3. The molecule has 3 aromatic heterocycles. The summed E-state index contributed by atoms with van der Waals surface area (Å²) in [6.07, 6.45) is 1.16. The number of rotatable bonds is 0. The van der Waals surface area contributed by atoms with Gasteiger partial charge in [0.05, 0.1) is 5.56 Å². The molecule has 3 heterocycles. The highest BCUT2D eigenvalue weighted by Gasteiger charge is 2.20. The summed E-state index contributed by atoms with van der Waals surface area (Å²) in [6, 6.07) is 2.50. The molecular weight excluding hydrogens is 422 g/mol. The first kappa shape index (κ1) is 20.7. The van der Waals surface area contributed by atoms with E-state index in [0.29, 0.717) is 0 Å². The first-order valence-electron chi connectivity index (χ1n) is 7.59. The summed E-state index contributed by atoms with van der Waals surface area (Å²) in [4.78, 5) is 8.47. The van der Waals surface area contributed by atoms with E-state index in [0.717, 1.165) is 6.20 Å². The molecule has 0 saturated carbocycles. The maximum atomic E-state index is 13.6. The van der Waals surface area contributed by atoms with Gasteiger partial charge in [-0.3, -0.25) is 0 Å². The zero-order chi connectivity index (χ0) is 22.0. The fourth-order valence-corrected chi connectivity index (χ4v) is 2.05. The van der Waals surface area contributed by atoms with Crippen LogP contribution in [-0.2, 0) is 0 Å². The summed E-state index contributed by atoms with van der Waals surface area (Å²) in [5.74, 6) is -7.14. The van der Waals surface area contributed by atoms with Crippen LogP contribution in [0, 0.1) is 70.7 Å². The van der Waals surface area contributed by atoms with Gasteiger partial charge < -0.3 is 0 Å². The molecule has 0 N–H and O–H groups in total. The maximum Gasteiger partial charge on any atom is 0.253 e. The lowest BCUT2D eigenvalue weighted by Crippen LogP contribution is -2.04. The average Bonchev–Trinajstić information content (AvgIpc) is 2.71. The minimum absolute atomic E-state index is 0.183. The predicted molar refractivity (Wildman–Crippen MR) is 84.3 cm³/mol. The van der Waals surface area contributed by atoms with Crippen molar-refractivity contribution in [1.29, 1.82) is 0 Å². The SMILES string of the molecule is Fc1nc(F)c(F)c(C#Cc2cccnc2C#Cc2c(F)c(F)nc(F)c2F)c1F. The van der Waals surface area contributed by atoms with Crippen molar-refractivity contribution in [2.75, 3.05) is 0 Å². The Morgan fingerprint density at radius 3 is 1.47 bits per heavy atom. The van der Waals surface area contributed by atoms with Crippen LogP contribution in [0.25, 0.3) is 0 Å². The summed E-state index contributed by atoms with van der Waals surface area (Å²) in [5, 5.41) is 0. The topological polar surface area (TPSA) is 38.7 Å². The highest BCUT2D eigenvalue weighted by Crippen LogP contribution is 2.17. The fraction of sp³-hybridized carbons (Fsp3) is 0. The predicted octanol–water partition coefficient (Wildman–Crippen LogP) is 3.78. The van der Waals surface area contributed by atoms with E-state index in [1.807, 2.05) is 11.8 Å². The van der Waals surface area contributed by atoms with Crippen LogP contribution >= 0.6 is 0 Å². The molecule has 0 bridgehead atoms. The van der Waals surface area contributed by atoms with Crippen molar-refractivity contribution in [1.82, 2.24) is 15.0 Å². The molecule has 0 amide bonds. The summed E-state index contributed by atoms with van der Waals surface area (Å²) >= 11 is 0. The van der Waals surface area contributed by atoms with Gasteiger partial charge in [-0.1, -0.05) is 17.8 Å². The zero-order valence-corrected chi connectivity index (χ0v) is 14.1. The Morgan fingerprint density at radius 1 is 0.567 bits per heavy atom. The Morgan fingerprint density at radius 2 is 1.00 bits per heavy atom. The molecule has 30 heavy (non-hydrogen) atoms. The van der Waals surface area contributed by atoms with E-state index < -0.39 is 58.2 Å².